The number of hydrogen-bond acceptors (Lipinski definition) is 4. The molecular formula is C15H15BrN2O2. The molecule has 2 aromatic rings. The van der Waals surface area contributed by atoms with Crippen LogP contribution in [0.3, 0.4) is 0 Å². The van der Waals surface area contributed by atoms with E-state index >= 15 is 0 Å². The highest BCUT2D eigenvalue weighted by atomic mass is 79.9. The quantitative estimate of drug-likeness (QED) is 0.854. The number of carbonyl (C=O) groups excluding carboxylic acids is 1. The molecule has 4 nitrogen and oxygen atoms in total. The monoisotopic (exact) mass is 334 g/mol. The minimum atomic E-state index is -0.369. The number of halogens is 1. The molecule has 0 aliphatic heterocycles. The Labute approximate surface area is 126 Å². The Morgan fingerprint density at radius 1 is 1.30 bits per heavy atom. The van der Waals surface area contributed by atoms with Crippen LogP contribution in [0.4, 0.5) is 0 Å². The highest BCUT2D eigenvalue weighted by Gasteiger charge is 2.05. The number of aromatic nitrogens is 1. The Kier molecular flexibility index (Phi) is 5.26. The summed E-state index contributed by atoms with van der Waals surface area (Å²) in [6, 6.07) is 11.7. The maximum Gasteiger partial charge on any atom is 0.339 e. The number of pyridine rings is 1. The molecule has 5 heteroatoms. The smallest absolute Gasteiger partial charge is 0.339 e. The molecule has 0 unspecified atom stereocenters. The molecule has 0 saturated carbocycles. The predicted molar refractivity (Wildman–Crippen MR) is 80.3 cm³/mol. The second-order valence-corrected chi connectivity index (χ2v) is 5.18. The Morgan fingerprint density at radius 2 is 2.15 bits per heavy atom. The van der Waals surface area contributed by atoms with Gasteiger partial charge in [0, 0.05) is 23.8 Å². The first kappa shape index (κ1) is 14.7. The van der Waals surface area contributed by atoms with Crippen molar-refractivity contribution in [3.63, 3.8) is 0 Å². The van der Waals surface area contributed by atoms with E-state index in [2.05, 4.69) is 43.1 Å². The van der Waals surface area contributed by atoms with Crippen molar-refractivity contribution in [2.24, 2.45) is 0 Å². The van der Waals surface area contributed by atoms with Gasteiger partial charge in [0.05, 0.1) is 18.4 Å². The lowest BCUT2D eigenvalue weighted by atomic mass is 10.2. The van der Waals surface area contributed by atoms with Crippen LogP contribution in [0.5, 0.6) is 0 Å². The summed E-state index contributed by atoms with van der Waals surface area (Å²) in [6.45, 7) is 1.41. The molecule has 0 amide bonds. The first-order valence-corrected chi connectivity index (χ1v) is 6.97. The SMILES string of the molecule is COC(=O)c1ccc(CNCc2cccc(Br)c2)nc1. The third kappa shape index (κ3) is 4.15. The number of hydrogen-bond donors (Lipinski definition) is 1. The van der Waals surface area contributed by atoms with Crippen LogP contribution in [0.15, 0.2) is 47.1 Å². The van der Waals surface area contributed by atoms with Crippen molar-refractivity contribution in [2.75, 3.05) is 7.11 Å². The maximum absolute atomic E-state index is 11.3. The molecule has 0 atom stereocenters. The van der Waals surface area contributed by atoms with Crippen LogP contribution in [0.25, 0.3) is 0 Å². The van der Waals surface area contributed by atoms with E-state index in [9.17, 15) is 4.79 Å². The molecule has 0 spiro atoms. The average Bonchev–Trinajstić information content (AvgIpc) is 2.47. The van der Waals surface area contributed by atoms with Crippen molar-refractivity contribution in [3.8, 4) is 0 Å². The molecule has 1 aromatic carbocycles. The van der Waals surface area contributed by atoms with Gasteiger partial charge in [0.15, 0.2) is 0 Å². The maximum atomic E-state index is 11.3. The van der Waals surface area contributed by atoms with E-state index in [1.165, 1.54) is 18.9 Å². The predicted octanol–water partition coefficient (Wildman–Crippen LogP) is 2.92. The van der Waals surface area contributed by atoms with Crippen LogP contribution in [0.1, 0.15) is 21.6 Å². The van der Waals surface area contributed by atoms with Crippen molar-refractivity contribution in [1.82, 2.24) is 10.3 Å². The van der Waals surface area contributed by atoms with Crippen LogP contribution in [0.2, 0.25) is 0 Å². The second kappa shape index (κ2) is 7.17. The van der Waals surface area contributed by atoms with Crippen LogP contribution < -0.4 is 5.32 Å². The number of nitrogens with one attached hydrogen (secondary N) is 1. The summed E-state index contributed by atoms with van der Waals surface area (Å²) < 4.78 is 5.69. The van der Waals surface area contributed by atoms with Gasteiger partial charge in [-0.2, -0.15) is 0 Å². The van der Waals surface area contributed by atoms with E-state index in [0.717, 1.165) is 16.7 Å². The van der Waals surface area contributed by atoms with Gasteiger partial charge < -0.3 is 10.1 Å². The van der Waals surface area contributed by atoms with Gasteiger partial charge in [-0.05, 0) is 29.8 Å². The first-order valence-electron chi connectivity index (χ1n) is 6.17. The largest absolute Gasteiger partial charge is 0.465 e. The number of esters is 1. The van der Waals surface area contributed by atoms with Gasteiger partial charge in [-0.25, -0.2) is 4.79 Å². The van der Waals surface area contributed by atoms with Gasteiger partial charge in [-0.3, -0.25) is 4.98 Å². The third-order valence-corrected chi connectivity index (χ3v) is 3.26. The van der Waals surface area contributed by atoms with E-state index < -0.39 is 0 Å². The highest BCUT2D eigenvalue weighted by Crippen LogP contribution is 2.11. The van der Waals surface area contributed by atoms with Crippen molar-refractivity contribution in [2.45, 2.75) is 13.1 Å². The standard InChI is InChI=1S/C15H15BrN2O2/c1-20-15(19)12-5-6-14(18-9-12)10-17-8-11-3-2-4-13(16)7-11/h2-7,9,17H,8,10H2,1H3. The number of methoxy groups -OCH3 is 1. The van der Waals surface area contributed by atoms with Crippen LogP contribution in [0, 0.1) is 0 Å². The fourth-order valence-corrected chi connectivity index (χ4v) is 2.20. The molecule has 0 aliphatic rings. The van der Waals surface area contributed by atoms with Crippen LogP contribution in [-0.2, 0) is 17.8 Å². The fourth-order valence-electron chi connectivity index (χ4n) is 1.75. The van der Waals surface area contributed by atoms with E-state index in [-0.39, 0.29) is 5.97 Å². The zero-order valence-corrected chi connectivity index (χ0v) is 12.7. The number of rotatable bonds is 5. The normalized spacial score (nSPS) is 10.3. The van der Waals surface area contributed by atoms with Gasteiger partial charge in [0.25, 0.3) is 0 Å². The number of ether oxygens (including phenoxy) is 1. The molecule has 1 N–H and O–H groups in total. The third-order valence-electron chi connectivity index (χ3n) is 2.77. The Morgan fingerprint density at radius 3 is 2.80 bits per heavy atom. The van der Waals surface area contributed by atoms with Gasteiger partial charge in [0.2, 0.25) is 0 Å². The molecule has 2 rings (SSSR count). The van der Waals surface area contributed by atoms with Crippen LogP contribution >= 0.6 is 15.9 Å². The molecule has 0 fully saturated rings. The van der Waals surface area contributed by atoms with E-state index in [1.54, 1.807) is 6.07 Å². The minimum absolute atomic E-state index is 0.369. The topological polar surface area (TPSA) is 51.2 Å². The average molecular weight is 335 g/mol. The molecule has 20 heavy (non-hydrogen) atoms. The van der Waals surface area contributed by atoms with Crippen molar-refractivity contribution in [1.29, 1.82) is 0 Å². The molecular weight excluding hydrogens is 320 g/mol. The van der Waals surface area contributed by atoms with Crippen LogP contribution in [-0.4, -0.2) is 18.1 Å². The minimum Gasteiger partial charge on any atom is -0.465 e. The molecule has 1 heterocycles. The Hall–Kier alpha value is -1.72. The van der Waals surface area contributed by atoms with Gasteiger partial charge in [-0.15, -0.1) is 0 Å². The summed E-state index contributed by atoms with van der Waals surface area (Å²) in [4.78, 5) is 15.5. The molecule has 0 bridgehead atoms. The summed E-state index contributed by atoms with van der Waals surface area (Å²) in [6.07, 6.45) is 1.53. The molecule has 0 aliphatic carbocycles. The van der Waals surface area contributed by atoms with Crippen molar-refractivity contribution >= 4 is 21.9 Å². The number of carbonyl (C=O) groups is 1. The number of nitrogens with zero attached hydrogens (tertiary/aromatic N) is 1. The molecule has 0 radical (unpaired) electrons. The van der Waals surface area contributed by atoms with Crippen molar-refractivity contribution < 1.29 is 9.53 Å². The Balaban J connectivity index is 1.86. The summed E-state index contributed by atoms with van der Waals surface area (Å²) >= 11 is 3.44. The highest BCUT2D eigenvalue weighted by molar-refractivity contribution is 9.10. The summed E-state index contributed by atoms with van der Waals surface area (Å²) in [5.74, 6) is -0.369. The Bertz CT molecular complexity index is 585. The summed E-state index contributed by atoms with van der Waals surface area (Å²) in [5, 5.41) is 3.31. The molecule has 104 valence electrons. The lowest BCUT2D eigenvalue weighted by molar-refractivity contribution is 0.0600. The lowest BCUT2D eigenvalue weighted by Crippen LogP contribution is -2.14. The zero-order chi connectivity index (χ0) is 14.4. The van der Waals surface area contributed by atoms with E-state index in [1.807, 2.05) is 18.2 Å². The molecule has 1 aromatic heterocycles. The van der Waals surface area contributed by atoms with Crippen molar-refractivity contribution in [3.05, 3.63) is 63.9 Å². The zero-order valence-electron chi connectivity index (χ0n) is 11.1. The fraction of sp³-hybridized carbons (Fsp3) is 0.200. The second-order valence-electron chi connectivity index (χ2n) is 4.26. The summed E-state index contributed by atoms with van der Waals surface area (Å²) in [7, 11) is 1.36. The van der Waals surface area contributed by atoms with Gasteiger partial charge in [0.1, 0.15) is 0 Å². The first-order chi connectivity index (χ1) is 9.69. The van der Waals surface area contributed by atoms with E-state index in [0.29, 0.717) is 12.1 Å². The lowest BCUT2D eigenvalue weighted by Gasteiger charge is -2.06. The van der Waals surface area contributed by atoms with Gasteiger partial charge in [-0.1, -0.05) is 28.1 Å². The number of benzene rings is 1. The van der Waals surface area contributed by atoms with Gasteiger partial charge >= 0.3 is 5.97 Å². The summed E-state index contributed by atoms with van der Waals surface area (Å²) in [5.41, 5.74) is 2.54. The molecule has 0 saturated heterocycles. The van der Waals surface area contributed by atoms with E-state index in [4.69, 9.17) is 0 Å².